The molecule has 0 bridgehead atoms. The summed E-state index contributed by atoms with van der Waals surface area (Å²) < 4.78 is 0. The van der Waals surface area contributed by atoms with Crippen molar-refractivity contribution in [2.75, 3.05) is 31.1 Å². The van der Waals surface area contributed by atoms with Crippen molar-refractivity contribution in [1.82, 2.24) is 9.88 Å². The summed E-state index contributed by atoms with van der Waals surface area (Å²) in [5, 5.41) is 9.09. The van der Waals surface area contributed by atoms with Crippen molar-refractivity contribution in [1.29, 1.82) is 5.26 Å². The maximum absolute atomic E-state index is 9.09. The number of nitriles is 1. The van der Waals surface area contributed by atoms with Crippen LogP contribution >= 0.6 is 0 Å². The first-order chi connectivity index (χ1) is 8.76. The van der Waals surface area contributed by atoms with Gasteiger partial charge in [0.25, 0.3) is 0 Å². The van der Waals surface area contributed by atoms with Gasteiger partial charge in [0.15, 0.2) is 0 Å². The van der Waals surface area contributed by atoms with Gasteiger partial charge in [0.05, 0.1) is 5.56 Å². The molecule has 0 unspecified atom stereocenters. The Bertz CT molecular complexity index is 467. The lowest BCUT2D eigenvalue weighted by atomic mass is 10.2. The van der Waals surface area contributed by atoms with E-state index in [2.05, 4.69) is 34.4 Å². The number of hydrogen-bond acceptors (Lipinski definition) is 4. The predicted molar refractivity (Wildman–Crippen MR) is 72.2 cm³/mol. The van der Waals surface area contributed by atoms with Gasteiger partial charge in [-0.1, -0.05) is 13.5 Å². The fourth-order valence-corrected chi connectivity index (χ4v) is 2.19. The van der Waals surface area contributed by atoms with Crippen LogP contribution in [0.4, 0.5) is 5.82 Å². The average Bonchev–Trinajstić information content (AvgIpc) is 2.46. The molecule has 0 amide bonds. The van der Waals surface area contributed by atoms with Gasteiger partial charge < -0.3 is 9.80 Å². The molecule has 1 fully saturated rings. The molecule has 0 saturated carbocycles. The summed E-state index contributed by atoms with van der Waals surface area (Å²) in [6, 6.07) is 5.82. The van der Waals surface area contributed by atoms with E-state index in [1.807, 2.05) is 6.07 Å². The Morgan fingerprint density at radius 2 is 2.17 bits per heavy atom. The number of hydrogen-bond donors (Lipinski definition) is 0. The van der Waals surface area contributed by atoms with Gasteiger partial charge in [-0.15, -0.1) is 0 Å². The maximum Gasteiger partial charge on any atom is 0.146 e. The van der Waals surface area contributed by atoms with Gasteiger partial charge in [0, 0.05) is 38.1 Å². The van der Waals surface area contributed by atoms with Crippen molar-refractivity contribution in [3.8, 4) is 6.07 Å². The standard InChI is InChI=1S/C14H18N4/c1-3-12(2)17-7-9-18(10-8-17)14-13(11-15)5-4-6-16-14/h4-6H,2-3,7-10H2,1H3. The fourth-order valence-electron chi connectivity index (χ4n) is 2.19. The van der Waals surface area contributed by atoms with Crippen LogP contribution in [0.1, 0.15) is 18.9 Å². The Kier molecular flexibility index (Phi) is 3.83. The van der Waals surface area contributed by atoms with Crippen LogP contribution in [0.25, 0.3) is 0 Å². The number of aromatic nitrogens is 1. The first-order valence-electron chi connectivity index (χ1n) is 6.29. The average molecular weight is 242 g/mol. The monoisotopic (exact) mass is 242 g/mol. The van der Waals surface area contributed by atoms with Crippen molar-refractivity contribution in [2.24, 2.45) is 0 Å². The Hall–Kier alpha value is -2.02. The van der Waals surface area contributed by atoms with Gasteiger partial charge in [-0.3, -0.25) is 0 Å². The molecule has 94 valence electrons. The third-order valence-electron chi connectivity index (χ3n) is 3.34. The smallest absolute Gasteiger partial charge is 0.146 e. The molecular formula is C14H18N4. The molecule has 0 radical (unpaired) electrons. The van der Waals surface area contributed by atoms with E-state index in [0.29, 0.717) is 5.56 Å². The third-order valence-corrected chi connectivity index (χ3v) is 3.34. The Morgan fingerprint density at radius 3 is 2.78 bits per heavy atom. The molecule has 1 aromatic rings. The van der Waals surface area contributed by atoms with E-state index in [1.54, 1.807) is 12.3 Å². The lowest BCUT2D eigenvalue weighted by Gasteiger charge is -2.37. The molecule has 0 N–H and O–H groups in total. The van der Waals surface area contributed by atoms with Crippen molar-refractivity contribution < 1.29 is 0 Å². The number of rotatable bonds is 3. The minimum Gasteiger partial charge on any atom is -0.372 e. The molecule has 0 spiro atoms. The maximum atomic E-state index is 9.09. The third kappa shape index (κ3) is 2.45. The molecule has 4 nitrogen and oxygen atoms in total. The Labute approximate surface area is 108 Å². The largest absolute Gasteiger partial charge is 0.372 e. The summed E-state index contributed by atoms with van der Waals surface area (Å²) >= 11 is 0. The van der Waals surface area contributed by atoms with Gasteiger partial charge in [0.1, 0.15) is 11.9 Å². The highest BCUT2D eigenvalue weighted by molar-refractivity contribution is 5.53. The molecule has 2 heterocycles. The van der Waals surface area contributed by atoms with Crippen LogP contribution in [0.3, 0.4) is 0 Å². The van der Waals surface area contributed by atoms with Gasteiger partial charge in [-0.2, -0.15) is 5.26 Å². The van der Waals surface area contributed by atoms with Crippen molar-refractivity contribution in [3.63, 3.8) is 0 Å². The van der Waals surface area contributed by atoms with E-state index < -0.39 is 0 Å². The zero-order valence-electron chi connectivity index (χ0n) is 10.8. The summed E-state index contributed by atoms with van der Waals surface area (Å²) in [4.78, 5) is 8.82. The minimum atomic E-state index is 0.653. The van der Waals surface area contributed by atoms with E-state index in [-0.39, 0.29) is 0 Å². The highest BCUT2D eigenvalue weighted by Crippen LogP contribution is 2.19. The molecule has 1 aliphatic rings. The van der Waals surface area contributed by atoms with E-state index in [1.165, 1.54) is 5.70 Å². The topological polar surface area (TPSA) is 43.2 Å². The summed E-state index contributed by atoms with van der Waals surface area (Å²) in [5.74, 6) is 0.807. The van der Waals surface area contributed by atoms with Gasteiger partial charge in [0.2, 0.25) is 0 Å². The van der Waals surface area contributed by atoms with Crippen LogP contribution in [-0.4, -0.2) is 36.1 Å². The van der Waals surface area contributed by atoms with Crippen molar-refractivity contribution in [2.45, 2.75) is 13.3 Å². The van der Waals surface area contributed by atoms with Gasteiger partial charge in [-0.05, 0) is 18.6 Å². The summed E-state index contributed by atoms with van der Waals surface area (Å²) in [6.07, 6.45) is 2.74. The quantitative estimate of drug-likeness (QED) is 0.813. The molecule has 0 aliphatic carbocycles. The van der Waals surface area contributed by atoms with Crippen LogP contribution < -0.4 is 4.90 Å². The SMILES string of the molecule is C=C(CC)N1CCN(c2ncccc2C#N)CC1. The second-order valence-corrected chi connectivity index (χ2v) is 4.38. The van der Waals surface area contributed by atoms with Crippen molar-refractivity contribution in [3.05, 3.63) is 36.2 Å². The molecule has 1 aliphatic heterocycles. The van der Waals surface area contributed by atoms with E-state index in [9.17, 15) is 0 Å². The Morgan fingerprint density at radius 1 is 1.44 bits per heavy atom. The lowest BCUT2D eigenvalue weighted by molar-refractivity contribution is 0.314. The predicted octanol–water partition coefficient (Wildman–Crippen LogP) is 2.00. The molecule has 0 aromatic carbocycles. The minimum absolute atomic E-state index is 0.653. The molecule has 0 atom stereocenters. The molecule has 18 heavy (non-hydrogen) atoms. The lowest BCUT2D eigenvalue weighted by Crippen LogP contribution is -2.46. The van der Waals surface area contributed by atoms with Crippen LogP contribution in [0, 0.1) is 11.3 Å². The van der Waals surface area contributed by atoms with Gasteiger partial charge in [-0.25, -0.2) is 4.98 Å². The zero-order chi connectivity index (χ0) is 13.0. The number of nitrogens with zero attached hydrogens (tertiary/aromatic N) is 4. The van der Waals surface area contributed by atoms with E-state index >= 15 is 0 Å². The summed E-state index contributed by atoms with van der Waals surface area (Å²) in [6.45, 7) is 9.89. The molecule has 1 saturated heterocycles. The van der Waals surface area contributed by atoms with E-state index in [4.69, 9.17) is 5.26 Å². The number of piperazine rings is 1. The van der Waals surface area contributed by atoms with Crippen LogP contribution in [0.5, 0.6) is 0 Å². The molecule has 2 rings (SSSR count). The Balaban J connectivity index is 2.06. The molecular weight excluding hydrogens is 224 g/mol. The highest BCUT2D eigenvalue weighted by Gasteiger charge is 2.20. The summed E-state index contributed by atoms with van der Waals surface area (Å²) in [7, 11) is 0. The zero-order valence-corrected chi connectivity index (χ0v) is 10.8. The number of pyridine rings is 1. The molecule has 1 aromatic heterocycles. The normalized spacial score (nSPS) is 15.3. The van der Waals surface area contributed by atoms with Crippen LogP contribution in [0.15, 0.2) is 30.6 Å². The fraction of sp³-hybridized carbons (Fsp3) is 0.429. The summed E-state index contributed by atoms with van der Waals surface area (Å²) in [5.41, 5.74) is 1.84. The van der Waals surface area contributed by atoms with Crippen molar-refractivity contribution >= 4 is 5.82 Å². The second kappa shape index (κ2) is 5.54. The first-order valence-corrected chi connectivity index (χ1v) is 6.29. The highest BCUT2D eigenvalue weighted by atomic mass is 15.3. The van der Waals surface area contributed by atoms with Crippen LogP contribution in [-0.2, 0) is 0 Å². The van der Waals surface area contributed by atoms with E-state index in [0.717, 1.165) is 38.4 Å². The first kappa shape index (κ1) is 12.4. The number of allylic oxidation sites excluding steroid dienone is 1. The van der Waals surface area contributed by atoms with Gasteiger partial charge >= 0.3 is 0 Å². The molecule has 4 heteroatoms. The van der Waals surface area contributed by atoms with Crippen LogP contribution in [0.2, 0.25) is 0 Å². The number of anilines is 1. The second-order valence-electron chi connectivity index (χ2n) is 4.38.